The molecule has 0 spiro atoms. The lowest BCUT2D eigenvalue weighted by molar-refractivity contribution is 0.207. The van der Waals surface area contributed by atoms with Crippen molar-refractivity contribution in [2.45, 2.75) is 26.1 Å². The van der Waals surface area contributed by atoms with Crippen LogP contribution in [0.5, 0.6) is 0 Å². The quantitative estimate of drug-likeness (QED) is 0.165. The van der Waals surface area contributed by atoms with Crippen molar-refractivity contribution in [2.75, 3.05) is 19.4 Å². The normalized spacial score (nSPS) is 12.5. The molecule has 0 radical (unpaired) electrons. The molecule has 206 valence electrons. The van der Waals surface area contributed by atoms with E-state index in [1.54, 1.807) is 16.2 Å². The number of nitrogens with one attached hydrogen (secondary N) is 1. The van der Waals surface area contributed by atoms with E-state index in [0.717, 1.165) is 37.6 Å². The third-order valence-electron chi connectivity index (χ3n) is 6.54. The Morgan fingerprint density at radius 3 is 2.30 bits per heavy atom. The average molecular weight is 577 g/mol. The molecule has 40 heavy (non-hydrogen) atoms. The van der Waals surface area contributed by atoms with E-state index in [9.17, 15) is 14.4 Å². The molecule has 0 aliphatic heterocycles. The van der Waals surface area contributed by atoms with Gasteiger partial charge < -0.3 is 19.2 Å². The van der Waals surface area contributed by atoms with E-state index >= 15 is 0 Å². The van der Waals surface area contributed by atoms with Crippen molar-refractivity contribution in [3.05, 3.63) is 89.5 Å². The fourth-order valence-electron chi connectivity index (χ4n) is 4.84. The van der Waals surface area contributed by atoms with Crippen LogP contribution < -0.4 is 0 Å². The minimum absolute atomic E-state index is 0.210. The van der Waals surface area contributed by atoms with Crippen LogP contribution in [-0.2, 0) is 24.2 Å². The first-order chi connectivity index (χ1) is 19.4. The van der Waals surface area contributed by atoms with Crippen LogP contribution in [-0.4, -0.2) is 58.9 Å². The highest BCUT2D eigenvalue weighted by atomic mass is 32.1. The number of nitrogens with zero attached hydrogens (tertiary/aromatic N) is 5. The van der Waals surface area contributed by atoms with Gasteiger partial charge in [0.25, 0.3) is 0 Å². The summed E-state index contributed by atoms with van der Waals surface area (Å²) in [5, 5.41) is 1.01. The standard InChI is InChI=1S/C28H29N6O4PS/c35-39(36,37)19-34(17-27-31-22-10-3-5-12-24(22)38-27)15-7-14-33(16-26-29-20-8-1-2-9-21(20)30-26)18-28-32-23-11-4-6-13-25(23)40-28/h1-6,8-13H,7,14-19H2,(H,29,30)(H2,35,36,37). The number of hydrogen-bond donors (Lipinski definition) is 3. The van der Waals surface area contributed by atoms with Crippen molar-refractivity contribution >= 4 is 51.3 Å². The number of benzene rings is 3. The van der Waals surface area contributed by atoms with Crippen molar-refractivity contribution in [1.29, 1.82) is 0 Å². The number of imidazole rings is 1. The lowest BCUT2D eigenvalue weighted by Crippen LogP contribution is -2.30. The maximum Gasteiger partial charge on any atom is 0.339 e. The molecule has 6 aromatic rings. The SMILES string of the molecule is O=P(O)(O)CN(CCCN(Cc1nc2ccccc2[nH]1)Cc1nc2ccccc2s1)Cc1nc2ccccc2o1. The van der Waals surface area contributed by atoms with E-state index in [0.29, 0.717) is 44.1 Å². The maximum absolute atomic E-state index is 11.9. The average Bonchev–Trinajstić information content (AvgIpc) is 3.62. The molecule has 0 amide bonds. The zero-order chi connectivity index (χ0) is 27.5. The van der Waals surface area contributed by atoms with Crippen LogP contribution in [0.1, 0.15) is 23.1 Å². The molecule has 0 unspecified atom stereocenters. The lowest BCUT2D eigenvalue weighted by Gasteiger charge is -2.24. The topological polar surface area (TPSA) is 132 Å². The molecule has 0 bridgehead atoms. The second-order valence-corrected chi connectivity index (χ2v) is 12.5. The number of fused-ring (bicyclic) bond motifs is 3. The third kappa shape index (κ3) is 6.64. The van der Waals surface area contributed by atoms with E-state index in [1.807, 2.05) is 66.7 Å². The fourth-order valence-corrected chi connectivity index (χ4v) is 6.61. The van der Waals surface area contributed by atoms with E-state index in [-0.39, 0.29) is 12.8 Å². The third-order valence-corrected chi connectivity index (χ3v) is 8.33. The number of hydrogen-bond acceptors (Lipinski definition) is 8. The van der Waals surface area contributed by atoms with Gasteiger partial charge in [0.1, 0.15) is 22.6 Å². The van der Waals surface area contributed by atoms with E-state index in [2.05, 4.69) is 20.9 Å². The number of para-hydroxylation sites is 5. The Balaban J connectivity index is 1.17. The second kappa shape index (κ2) is 11.6. The molecule has 0 fully saturated rings. The van der Waals surface area contributed by atoms with Gasteiger partial charge >= 0.3 is 7.60 Å². The monoisotopic (exact) mass is 576 g/mol. The molecular formula is C28H29N6O4PS. The summed E-state index contributed by atoms with van der Waals surface area (Å²) in [7, 11) is -4.28. The molecule has 0 aliphatic carbocycles. The fraction of sp³-hybridized carbons (Fsp3) is 0.250. The van der Waals surface area contributed by atoms with Crippen LogP contribution in [0.15, 0.2) is 77.2 Å². The first-order valence-electron chi connectivity index (χ1n) is 13.0. The molecular weight excluding hydrogens is 547 g/mol. The molecule has 0 saturated heterocycles. The Bertz CT molecular complexity index is 1620. The summed E-state index contributed by atoms with van der Waals surface area (Å²) in [6, 6.07) is 23.5. The molecule has 0 atom stereocenters. The van der Waals surface area contributed by atoms with Gasteiger partial charge in [0.2, 0.25) is 5.89 Å². The van der Waals surface area contributed by atoms with E-state index in [4.69, 9.17) is 14.4 Å². The summed E-state index contributed by atoms with van der Waals surface area (Å²) >= 11 is 1.68. The van der Waals surface area contributed by atoms with Crippen molar-refractivity contribution < 1.29 is 18.8 Å². The first kappa shape index (κ1) is 26.8. The number of aromatic amines is 1. The summed E-state index contributed by atoms with van der Waals surface area (Å²) in [5.74, 6) is 1.30. The summed E-state index contributed by atoms with van der Waals surface area (Å²) in [6.45, 7) is 2.58. The molecule has 3 heterocycles. The largest absolute Gasteiger partial charge is 0.439 e. The minimum atomic E-state index is -4.28. The Kier molecular flexibility index (Phi) is 7.75. The van der Waals surface area contributed by atoms with E-state index in [1.165, 1.54) is 0 Å². The number of oxazole rings is 1. The highest BCUT2D eigenvalue weighted by Gasteiger charge is 2.22. The summed E-state index contributed by atoms with van der Waals surface area (Å²) in [5.41, 5.74) is 4.27. The van der Waals surface area contributed by atoms with Crippen LogP contribution in [0, 0.1) is 0 Å². The molecule has 3 aromatic carbocycles. The lowest BCUT2D eigenvalue weighted by atomic mass is 10.3. The minimum Gasteiger partial charge on any atom is -0.439 e. The molecule has 3 aromatic heterocycles. The van der Waals surface area contributed by atoms with E-state index < -0.39 is 7.60 Å². The number of thiazole rings is 1. The van der Waals surface area contributed by atoms with Crippen molar-refractivity contribution in [1.82, 2.24) is 29.7 Å². The van der Waals surface area contributed by atoms with Crippen LogP contribution >= 0.6 is 18.9 Å². The van der Waals surface area contributed by atoms with Gasteiger partial charge in [0.15, 0.2) is 5.58 Å². The van der Waals surface area contributed by atoms with Gasteiger partial charge in [-0.1, -0.05) is 36.4 Å². The Morgan fingerprint density at radius 1 is 0.800 bits per heavy atom. The van der Waals surface area contributed by atoms with Gasteiger partial charge in [0, 0.05) is 13.1 Å². The van der Waals surface area contributed by atoms with Gasteiger partial charge in [-0.25, -0.2) is 15.0 Å². The number of H-pyrrole nitrogens is 1. The Hall–Kier alpha value is -3.44. The number of aromatic nitrogens is 4. The predicted molar refractivity (Wildman–Crippen MR) is 156 cm³/mol. The van der Waals surface area contributed by atoms with Crippen LogP contribution in [0.3, 0.4) is 0 Å². The zero-order valence-corrected chi connectivity index (χ0v) is 23.4. The maximum atomic E-state index is 11.9. The van der Waals surface area contributed by atoms with Gasteiger partial charge in [0.05, 0.1) is 40.9 Å². The smallest absolute Gasteiger partial charge is 0.339 e. The van der Waals surface area contributed by atoms with Gasteiger partial charge in [-0.15, -0.1) is 11.3 Å². The predicted octanol–water partition coefficient (Wildman–Crippen LogP) is 5.34. The Labute approximate surface area is 234 Å². The van der Waals surface area contributed by atoms with Crippen LogP contribution in [0.2, 0.25) is 0 Å². The van der Waals surface area contributed by atoms with Crippen LogP contribution in [0.4, 0.5) is 0 Å². The molecule has 10 nitrogen and oxygen atoms in total. The van der Waals surface area contributed by atoms with Crippen molar-refractivity contribution in [3.8, 4) is 0 Å². The molecule has 0 aliphatic rings. The van der Waals surface area contributed by atoms with Crippen LogP contribution in [0.25, 0.3) is 32.3 Å². The van der Waals surface area contributed by atoms with Crippen molar-refractivity contribution in [3.63, 3.8) is 0 Å². The zero-order valence-electron chi connectivity index (χ0n) is 21.7. The van der Waals surface area contributed by atoms with Crippen molar-refractivity contribution in [2.24, 2.45) is 0 Å². The highest BCUT2D eigenvalue weighted by Crippen LogP contribution is 2.35. The highest BCUT2D eigenvalue weighted by molar-refractivity contribution is 7.51. The molecule has 0 saturated carbocycles. The Morgan fingerprint density at radius 2 is 1.52 bits per heavy atom. The first-order valence-corrected chi connectivity index (χ1v) is 15.6. The molecule has 6 rings (SSSR count). The molecule has 12 heteroatoms. The number of rotatable bonds is 12. The van der Waals surface area contributed by atoms with Gasteiger partial charge in [-0.2, -0.15) is 0 Å². The summed E-state index contributed by atoms with van der Waals surface area (Å²) in [6.07, 6.45) is 0.304. The van der Waals surface area contributed by atoms with Gasteiger partial charge in [-0.05, 0) is 42.8 Å². The van der Waals surface area contributed by atoms with Gasteiger partial charge in [-0.3, -0.25) is 14.4 Å². The second-order valence-electron chi connectivity index (χ2n) is 9.77. The summed E-state index contributed by atoms with van der Waals surface area (Å²) < 4.78 is 18.9. The molecule has 3 N–H and O–H groups in total. The summed E-state index contributed by atoms with van der Waals surface area (Å²) in [4.78, 5) is 40.9.